The van der Waals surface area contributed by atoms with Gasteiger partial charge in [0, 0.05) is 24.7 Å². The molecule has 1 aromatic heterocycles. The van der Waals surface area contributed by atoms with Crippen LogP contribution in [0.15, 0.2) is 47.3 Å². The Hall–Kier alpha value is -2.15. The van der Waals surface area contributed by atoms with Crippen LogP contribution in [0.1, 0.15) is 53.2 Å². The molecular formula is C24H30ClN3O3. The van der Waals surface area contributed by atoms with E-state index in [1.54, 1.807) is 6.07 Å². The lowest BCUT2D eigenvalue weighted by Crippen LogP contribution is -2.47. The summed E-state index contributed by atoms with van der Waals surface area (Å²) < 4.78 is 7.94. The second kappa shape index (κ2) is 9.55. The lowest BCUT2D eigenvalue weighted by molar-refractivity contribution is 0.0271. The summed E-state index contributed by atoms with van der Waals surface area (Å²) in [5, 5.41) is 6.54. The van der Waals surface area contributed by atoms with Crippen molar-refractivity contribution in [3.8, 4) is 0 Å². The number of hydrogen-bond donors (Lipinski definition) is 2. The van der Waals surface area contributed by atoms with Crippen molar-refractivity contribution in [2.75, 3.05) is 13.1 Å². The molecule has 1 aliphatic carbocycles. The normalized spacial score (nSPS) is 26.6. The van der Waals surface area contributed by atoms with Gasteiger partial charge < -0.3 is 19.9 Å². The second-order valence-corrected chi connectivity index (χ2v) is 8.89. The number of carbonyl (C=O) groups excluding carboxylic acids is 1. The fraction of sp³-hybridized carbons (Fsp3) is 0.500. The van der Waals surface area contributed by atoms with Gasteiger partial charge in [-0.2, -0.15) is 0 Å². The molecule has 2 aromatic rings. The van der Waals surface area contributed by atoms with Crippen LogP contribution < -0.4 is 16.2 Å². The van der Waals surface area contributed by atoms with E-state index >= 15 is 0 Å². The first-order valence-corrected chi connectivity index (χ1v) is 11.1. The highest BCUT2D eigenvalue weighted by molar-refractivity contribution is 5.94. The number of nitrogens with one attached hydrogen (secondary N) is 2. The summed E-state index contributed by atoms with van der Waals surface area (Å²) in [6.45, 7) is 3.09. The number of rotatable bonds is 5. The van der Waals surface area contributed by atoms with E-state index in [2.05, 4.69) is 10.6 Å². The highest BCUT2D eigenvalue weighted by Crippen LogP contribution is 2.31. The van der Waals surface area contributed by atoms with Gasteiger partial charge in [0.2, 0.25) is 0 Å². The topological polar surface area (TPSA) is 72.4 Å². The fourth-order valence-corrected chi connectivity index (χ4v) is 5.28. The van der Waals surface area contributed by atoms with Crippen molar-refractivity contribution in [1.29, 1.82) is 0 Å². The minimum absolute atomic E-state index is 0. The predicted molar refractivity (Wildman–Crippen MR) is 122 cm³/mol. The molecule has 7 heteroatoms. The molecule has 3 aliphatic rings. The van der Waals surface area contributed by atoms with E-state index < -0.39 is 0 Å². The van der Waals surface area contributed by atoms with Gasteiger partial charge in [0.25, 0.3) is 11.5 Å². The summed E-state index contributed by atoms with van der Waals surface area (Å²) in [4.78, 5) is 26.1. The Kier molecular flexibility index (Phi) is 6.80. The molecule has 2 N–H and O–H groups in total. The minimum Gasteiger partial charge on any atom is -0.371 e. The lowest BCUT2D eigenvalue weighted by Gasteiger charge is -2.37. The molecule has 1 saturated heterocycles. The standard InChI is InChI=1S/C24H29N3O3.ClH/c28-23(26-20-7-4-8-22(20)30-15-16-5-2-1-3-6-16)19-9-10-21-18-11-17(12-25-13-18)14-27(21)24(19)29;/h1-3,5-6,9-10,17-18,20,22,25H,4,7-8,11-15H2,(H,26,28);1H/t17-,18+,20+,22+;/m0./s1. The molecule has 4 atom stereocenters. The van der Waals surface area contributed by atoms with Gasteiger partial charge >= 0.3 is 0 Å². The molecule has 0 unspecified atom stereocenters. The maximum absolute atomic E-state index is 13.1. The number of halogens is 1. The molecule has 1 amide bonds. The SMILES string of the molecule is Cl.O=C(N[C@@H]1CCC[C@H]1OCc1ccccc1)c1ccc2n(c1=O)C[C@@H]1CNC[C@H]2C1. The number of pyridine rings is 1. The zero-order valence-corrected chi connectivity index (χ0v) is 18.4. The molecule has 0 spiro atoms. The molecule has 2 bridgehead atoms. The number of hydrogen-bond acceptors (Lipinski definition) is 4. The molecule has 2 aliphatic heterocycles. The number of fused-ring (bicyclic) bond motifs is 4. The molecule has 6 nitrogen and oxygen atoms in total. The number of piperidine rings is 1. The largest absolute Gasteiger partial charge is 0.371 e. The third kappa shape index (κ3) is 4.56. The van der Waals surface area contributed by atoms with Crippen LogP contribution in [0.25, 0.3) is 0 Å². The molecule has 166 valence electrons. The Bertz CT molecular complexity index is 978. The molecule has 1 aromatic carbocycles. The van der Waals surface area contributed by atoms with Crippen LogP contribution in [0.5, 0.6) is 0 Å². The number of aromatic nitrogens is 1. The van der Waals surface area contributed by atoms with E-state index in [0.29, 0.717) is 25.0 Å². The summed E-state index contributed by atoms with van der Waals surface area (Å²) in [5.41, 5.74) is 2.29. The van der Waals surface area contributed by atoms with Gasteiger partial charge in [0.05, 0.1) is 18.8 Å². The molecular weight excluding hydrogens is 414 g/mol. The van der Waals surface area contributed by atoms with Crippen molar-refractivity contribution in [2.45, 2.75) is 56.9 Å². The Morgan fingerprint density at radius 3 is 2.81 bits per heavy atom. The van der Waals surface area contributed by atoms with Gasteiger partial charge in [0.1, 0.15) is 5.56 Å². The van der Waals surface area contributed by atoms with E-state index in [0.717, 1.165) is 50.0 Å². The van der Waals surface area contributed by atoms with Crippen LogP contribution in [0, 0.1) is 5.92 Å². The van der Waals surface area contributed by atoms with Crippen LogP contribution in [-0.2, 0) is 17.9 Å². The highest BCUT2D eigenvalue weighted by Gasteiger charge is 2.33. The van der Waals surface area contributed by atoms with Crippen molar-refractivity contribution in [1.82, 2.24) is 15.2 Å². The number of benzene rings is 1. The maximum Gasteiger partial charge on any atom is 0.263 e. The molecule has 3 heterocycles. The first kappa shape index (κ1) is 22.1. The van der Waals surface area contributed by atoms with Crippen LogP contribution in [0.4, 0.5) is 0 Å². The van der Waals surface area contributed by atoms with Crippen LogP contribution in [0.3, 0.4) is 0 Å². The second-order valence-electron chi connectivity index (χ2n) is 8.89. The number of ether oxygens (including phenoxy) is 1. The summed E-state index contributed by atoms with van der Waals surface area (Å²) >= 11 is 0. The van der Waals surface area contributed by atoms with E-state index in [9.17, 15) is 9.59 Å². The molecule has 5 rings (SSSR count). The Morgan fingerprint density at radius 1 is 1.13 bits per heavy atom. The monoisotopic (exact) mass is 443 g/mol. The van der Waals surface area contributed by atoms with Gasteiger partial charge in [-0.3, -0.25) is 9.59 Å². The van der Waals surface area contributed by atoms with Crippen LogP contribution in [-0.4, -0.2) is 35.7 Å². The van der Waals surface area contributed by atoms with Crippen molar-refractivity contribution in [2.24, 2.45) is 5.92 Å². The first-order chi connectivity index (χ1) is 14.7. The van der Waals surface area contributed by atoms with Crippen LogP contribution >= 0.6 is 12.4 Å². The highest BCUT2D eigenvalue weighted by atomic mass is 35.5. The summed E-state index contributed by atoms with van der Waals surface area (Å²) in [6.07, 6.45) is 3.94. The zero-order chi connectivity index (χ0) is 20.5. The Balaban J connectivity index is 0.00000231. The van der Waals surface area contributed by atoms with Gasteiger partial charge in [-0.05, 0) is 55.8 Å². The average molecular weight is 444 g/mol. The first-order valence-electron chi connectivity index (χ1n) is 11.1. The molecule has 2 fully saturated rings. The minimum atomic E-state index is -0.274. The van der Waals surface area contributed by atoms with Crippen molar-refractivity contribution >= 4 is 18.3 Å². The number of carbonyl (C=O) groups is 1. The van der Waals surface area contributed by atoms with Gasteiger partial charge in [-0.25, -0.2) is 0 Å². The molecule has 1 saturated carbocycles. The van der Waals surface area contributed by atoms with E-state index in [1.807, 2.05) is 41.0 Å². The van der Waals surface area contributed by atoms with Crippen molar-refractivity contribution in [3.05, 3.63) is 69.6 Å². The number of amides is 1. The third-order valence-electron chi connectivity index (χ3n) is 6.83. The van der Waals surface area contributed by atoms with Gasteiger partial charge in [0.15, 0.2) is 0 Å². The molecule has 0 radical (unpaired) electrons. The van der Waals surface area contributed by atoms with E-state index in [1.165, 1.54) is 0 Å². The zero-order valence-electron chi connectivity index (χ0n) is 17.6. The van der Waals surface area contributed by atoms with Crippen LogP contribution in [0.2, 0.25) is 0 Å². The van der Waals surface area contributed by atoms with Crippen molar-refractivity contribution in [3.63, 3.8) is 0 Å². The smallest absolute Gasteiger partial charge is 0.263 e. The maximum atomic E-state index is 13.1. The Morgan fingerprint density at radius 2 is 1.97 bits per heavy atom. The van der Waals surface area contributed by atoms with Gasteiger partial charge in [-0.1, -0.05) is 30.3 Å². The fourth-order valence-electron chi connectivity index (χ4n) is 5.28. The van der Waals surface area contributed by atoms with Gasteiger partial charge in [-0.15, -0.1) is 12.4 Å². The lowest BCUT2D eigenvalue weighted by atomic mass is 9.84. The predicted octanol–water partition coefficient (Wildman–Crippen LogP) is 2.84. The Labute approximate surface area is 188 Å². The summed E-state index contributed by atoms with van der Waals surface area (Å²) in [6, 6.07) is 13.7. The van der Waals surface area contributed by atoms with E-state index in [4.69, 9.17) is 4.74 Å². The van der Waals surface area contributed by atoms with Crippen molar-refractivity contribution < 1.29 is 9.53 Å². The summed E-state index contributed by atoms with van der Waals surface area (Å²) in [7, 11) is 0. The third-order valence-corrected chi connectivity index (χ3v) is 6.83. The molecule has 31 heavy (non-hydrogen) atoms. The van der Waals surface area contributed by atoms with E-state index in [-0.39, 0.29) is 41.6 Å². The average Bonchev–Trinajstić information content (AvgIpc) is 3.21. The number of nitrogens with zero attached hydrogens (tertiary/aromatic N) is 1. The quantitative estimate of drug-likeness (QED) is 0.745. The summed E-state index contributed by atoms with van der Waals surface area (Å²) in [5.74, 6) is 0.565.